The summed E-state index contributed by atoms with van der Waals surface area (Å²) >= 11 is 0. The molecule has 3 heteroatoms. The fourth-order valence-corrected chi connectivity index (χ4v) is 1.91. The molecular formula is C14H18N2O. The molecule has 0 saturated carbocycles. The Hall–Kier alpha value is -1.61. The van der Waals surface area contributed by atoms with Gasteiger partial charge in [-0.25, -0.2) is 4.98 Å². The number of hydrogen-bond donors (Lipinski definition) is 1. The number of hydrogen-bond acceptors (Lipinski definition) is 3. The largest absolute Gasteiger partial charge is 0.445 e. The first-order valence-corrected chi connectivity index (χ1v) is 5.87. The second-order valence-corrected chi connectivity index (χ2v) is 4.32. The van der Waals surface area contributed by atoms with Gasteiger partial charge in [-0.1, -0.05) is 24.3 Å². The molecule has 1 atom stereocenters. The molecule has 0 aliphatic carbocycles. The summed E-state index contributed by atoms with van der Waals surface area (Å²) in [6.45, 7) is 6.84. The summed E-state index contributed by atoms with van der Waals surface area (Å²) in [5, 5.41) is 3.41. The number of oxazole rings is 1. The van der Waals surface area contributed by atoms with E-state index in [9.17, 15) is 0 Å². The van der Waals surface area contributed by atoms with E-state index in [1.807, 2.05) is 6.92 Å². The molecule has 3 nitrogen and oxygen atoms in total. The Morgan fingerprint density at radius 1 is 1.29 bits per heavy atom. The first-order valence-electron chi connectivity index (χ1n) is 5.87. The van der Waals surface area contributed by atoms with Crippen molar-refractivity contribution in [3.05, 3.63) is 53.2 Å². The average molecular weight is 230 g/mol. The molecule has 2 aromatic rings. The van der Waals surface area contributed by atoms with E-state index in [-0.39, 0.29) is 0 Å². The van der Waals surface area contributed by atoms with Crippen molar-refractivity contribution in [1.82, 2.24) is 10.3 Å². The molecule has 17 heavy (non-hydrogen) atoms. The third-order valence-electron chi connectivity index (χ3n) is 2.88. The highest BCUT2D eigenvalue weighted by atomic mass is 16.4. The minimum Gasteiger partial charge on any atom is -0.445 e. The van der Waals surface area contributed by atoms with Crippen molar-refractivity contribution >= 4 is 0 Å². The number of aromatic nitrogens is 1. The zero-order valence-electron chi connectivity index (χ0n) is 10.5. The van der Waals surface area contributed by atoms with Crippen molar-refractivity contribution in [1.29, 1.82) is 0 Å². The predicted octanol–water partition coefficient (Wildman–Crippen LogP) is 3.14. The highest BCUT2D eigenvalue weighted by Gasteiger charge is 2.08. The van der Waals surface area contributed by atoms with Crippen molar-refractivity contribution in [2.45, 2.75) is 33.4 Å². The van der Waals surface area contributed by atoms with Crippen LogP contribution >= 0.6 is 0 Å². The van der Waals surface area contributed by atoms with E-state index in [1.54, 1.807) is 6.20 Å². The van der Waals surface area contributed by atoms with Gasteiger partial charge in [0.05, 0.1) is 12.7 Å². The molecular weight excluding hydrogens is 212 g/mol. The van der Waals surface area contributed by atoms with Crippen LogP contribution < -0.4 is 5.32 Å². The smallest absolute Gasteiger partial charge is 0.208 e. The molecule has 1 heterocycles. The summed E-state index contributed by atoms with van der Waals surface area (Å²) in [5.41, 5.74) is 2.62. The van der Waals surface area contributed by atoms with E-state index in [0.717, 1.165) is 11.7 Å². The zero-order chi connectivity index (χ0) is 12.3. The third-order valence-corrected chi connectivity index (χ3v) is 2.88. The van der Waals surface area contributed by atoms with Crippen LogP contribution in [0.3, 0.4) is 0 Å². The van der Waals surface area contributed by atoms with Crippen LogP contribution in [0.4, 0.5) is 0 Å². The summed E-state index contributed by atoms with van der Waals surface area (Å²) in [6, 6.07) is 8.69. The summed E-state index contributed by atoms with van der Waals surface area (Å²) in [4.78, 5) is 4.17. The molecule has 0 amide bonds. The highest BCUT2D eigenvalue weighted by molar-refractivity contribution is 5.28. The number of nitrogens with one attached hydrogen (secondary N) is 1. The average Bonchev–Trinajstić information content (AvgIpc) is 2.73. The van der Waals surface area contributed by atoms with Gasteiger partial charge in [0.1, 0.15) is 5.76 Å². The standard InChI is InChI=1S/C14H18N2O/c1-10-6-4-5-7-13(10)12(3)15-9-14-16-8-11(2)17-14/h4-8,12,15H,9H2,1-3H3. The Kier molecular flexibility index (Phi) is 3.59. The van der Waals surface area contributed by atoms with Crippen molar-refractivity contribution in [2.75, 3.05) is 0 Å². The zero-order valence-corrected chi connectivity index (χ0v) is 10.5. The molecule has 1 aromatic carbocycles. The second kappa shape index (κ2) is 5.15. The number of rotatable bonds is 4. The molecule has 0 aliphatic heterocycles. The van der Waals surface area contributed by atoms with Gasteiger partial charge in [0, 0.05) is 6.04 Å². The van der Waals surface area contributed by atoms with E-state index in [1.165, 1.54) is 11.1 Å². The second-order valence-electron chi connectivity index (χ2n) is 4.32. The maximum absolute atomic E-state index is 5.43. The van der Waals surface area contributed by atoms with Gasteiger partial charge >= 0.3 is 0 Å². The van der Waals surface area contributed by atoms with Gasteiger partial charge in [0.25, 0.3) is 0 Å². The summed E-state index contributed by atoms with van der Waals surface area (Å²) < 4.78 is 5.43. The fraction of sp³-hybridized carbons (Fsp3) is 0.357. The lowest BCUT2D eigenvalue weighted by molar-refractivity contribution is 0.432. The lowest BCUT2D eigenvalue weighted by atomic mass is 10.0. The summed E-state index contributed by atoms with van der Waals surface area (Å²) in [5.74, 6) is 1.59. The minimum absolute atomic E-state index is 0.295. The van der Waals surface area contributed by atoms with Gasteiger partial charge in [0.15, 0.2) is 0 Å². The molecule has 0 fully saturated rings. The molecule has 1 N–H and O–H groups in total. The van der Waals surface area contributed by atoms with E-state index < -0.39 is 0 Å². The van der Waals surface area contributed by atoms with E-state index in [2.05, 4.69) is 48.4 Å². The minimum atomic E-state index is 0.295. The highest BCUT2D eigenvalue weighted by Crippen LogP contribution is 2.17. The van der Waals surface area contributed by atoms with E-state index in [4.69, 9.17) is 4.42 Å². The molecule has 2 rings (SSSR count). The van der Waals surface area contributed by atoms with E-state index in [0.29, 0.717) is 12.6 Å². The molecule has 1 unspecified atom stereocenters. The summed E-state index contributed by atoms with van der Waals surface area (Å²) in [7, 11) is 0. The molecule has 0 spiro atoms. The molecule has 1 aromatic heterocycles. The van der Waals surface area contributed by atoms with Crippen molar-refractivity contribution in [3.63, 3.8) is 0 Å². The van der Waals surface area contributed by atoms with Crippen LogP contribution in [-0.2, 0) is 6.54 Å². The predicted molar refractivity (Wildman–Crippen MR) is 67.7 cm³/mol. The Morgan fingerprint density at radius 3 is 2.71 bits per heavy atom. The normalized spacial score (nSPS) is 12.6. The van der Waals surface area contributed by atoms with Crippen LogP contribution in [0.1, 0.15) is 35.7 Å². The van der Waals surface area contributed by atoms with Gasteiger partial charge in [0.2, 0.25) is 5.89 Å². The van der Waals surface area contributed by atoms with Crippen LogP contribution in [0.2, 0.25) is 0 Å². The SMILES string of the molecule is Cc1cnc(CNC(C)c2ccccc2C)o1. The monoisotopic (exact) mass is 230 g/mol. The fourth-order valence-electron chi connectivity index (χ4n) is 1.91. The topological polar surface area (TPSA) is 38.1 Å². The Balaban J connectivity index is 1.98. The first-order chi connectivity index (χ1) is 8.16. The molecule has 0 bridgehead atoms. The van der Waals surface area contributed by atoms with Crippen LogP contribution in [0.25, 0.3) is 0 Å². The molecule has 90 valence electrons. The van der Waals surface area contributed by atoms with E-state index >= 15 is 0 Å². The van der Waals surface area contributed by atoms with Crippen LogP contribution in [0.5, 0.6) is 0 Å². The van der Waals surface area contributed by atoms with Crippen LogP contribution in [0.15, 0.2) is 34.9 Å². The lowest BCUT2D eigenvalue weighted by Crippen LogP contribution is -2.19. The Bertz CT molecular complexity index is 490. The van der Waals surface area contributed by atoms with Crippen molar-refractivity contribution in [2.24, 2.45) is 0 Å². The van der Waals surface area contributed by atoms with Crippen molar-refractivity contribution < 1.29 is 4.42 Å². The maximum Gasteiger partial charge on any atom is 0.208 e. The van der Waals surface area contributed by atoms with Crippen molar-refractivity contribution in [3.8, 4) is 0 Å². The van der Waals surface area contributed by atoms with Gasteiger partial charge in [-0.2, -0.15) is 0 Å². The van der Waals surface area contributed by atoms with Gasteiger partial charge < -0.3 is 9.73 Å². The van der Waals surface area contributed by atoms with Crippen LogP contribution in [0, 0.1) is 13.8 Å². The molecule has 0 saturated heterocycles. The van der Waals surface area contributed by atoms with Crippen LogP contribution in [-0.4, -0.2) is 4.98 Å². The van der Waals surface area contributed by atoms with Gasteiger partial charge in [-0.05, 0) is 31.9 Å². The Morgan fingerprint density at radius 2 is 2.06 bits per heavy atom. The maximum atomic E-state index is 5.43. The lowest BCUT2D eigenvalue weighted by Gasteiger charge is -2.15. The molecule has 0 radical (unpaired) electrons. The van der Waals surface area contributed by atoms with Gasteiger partial charge in [-0.3, -0.25) is 0 Å². The number of nitrogens with zero attached hydrogens (tertiary/aromatic N) is 1. The summed E-state index contributed by atoms with van der Waals surface area (Å²) in [6.07, 6.45) is 1.75. The number of benzene rings is 1. The number of aryl methyl sites for hydroxylation is 2. The molecule has 0 aliphatic rings. The third kappa shape index (κ3) is 2.94. The van der Waals surface area contributed by atoms with Gasteiger partial charge in [-0.15, -0.1) is 0 Å². The Labute approximate surface area is 102 Å². The quantitative estimate of drug-likeness (QED) is 0.876. The first kappa shape index (κ1) is 11.9.